The molecule has 0 saturated heterocycles. The van der Waals surface area contributed by atoms with Crippen molar-refractivity contribution in [2.45, 2.75) is 47.1 Å². The summed E-state index contributed by atoms with van der Waals surface area (Å²) in [6.07, 6.45) is 0.439. The molecule has 1 amide bonds. The summed E-state index contributed by atoms with van der Waals surface area (Å²) in [5, 5.41) is 7.68. The van der Waals surface area contributed by atoms with E-state index in [4.69, 9.17) is 16.1 Å². The van der Waals surface area contributed by atoms with Gasteiger partial charge in [0.2, 0.25) is 17.6 Å². The number of hydrogen-bond donors (Lipinski definition) is 1. The van der Waals surface area contributed by atoms with E-state index >= 15 is 0 Å². The molecule has 2 rings (SSSR count). The van der Waals surface area contributed by atoms with Crippen LogP contribution in [0.3, 0.4) is 0 Å². The first-order valence-corrected chi connectivity index (χ1v) is 8.42. The first-order chi connectivity index (χ1) is 11.2. The summed E-state index contributed by atoms with van der Waals surface area (Å²) in [6, 6.07) is 6.91. The molecule has 5 nitrogen and oxygen atoms in total. The van der Waals surface area contributed by atoms with E-state index in [-0.39, 0.29) is 23.3 Å². The van der Waals surface area contributed by atoms with Crippen LogP contribution in [0.25, 0.3) is 11.4 Å². The summed E-state index contributed by atoms with van der Waals surface area (Å²) in [5.41, 5.74) is 0.743. The van der Waals surface area contributed by atoms with Crippen LogP contribution in [0, 0.1) is 11.3 Å². The largest absolute Gasteiger partial charge is 0.344 e. The maximum Gasteiger partial charge on any atom is 0.249 e. The number of aromatic nitrogens is 2. The van der Waals surface area contributed by atoms with Crippen LogP contribution in [0.15, 0.2) is 28.8 Å². The molecule has 0 aliphatic rings. The number of benzene rings is 1. The Hall–Kier alpha value is -1.88. The lowest BCUT2D eigenvalue weighted by Crippen LogP contribution is -2.34. The van der Waals surface area contributed by atoms with E-state index in [1.54, 1.807) is 12.1 Å². The minimum atomic E-state index is -0.312. The molecule has 6 heteroatoms. The number of halogens is 1. The van der Waals surface area contributed by atoms with Gasteiger partial charge in [0.25, 0.3) is 0 Å². The van der Waals surface area contributed by atoms with E-state index < -0.39 is 0 Å². The minimum absolute atomic E-state index is 0.0209. The van der Waals surface area contributed by atoms with Crippen LogP contribution in [0.1, 0.15) is 53.0 Å². The molecule has 1 N–H and O–H groups in total. The Morgan fingerprint density at radius 1 is 1.25 bits per heavy atom. The third-order valence-electron chi connectivity index (χ3n) is 3.48. The lowest BCUT2D eigenvalue weighted by atomic mass is 9.91. The van der Waals surface area contributed by atoms with Gasteiger partial charge in [-0.15, -0.1) is 0 Å². The summed E-state index contributed by atoms with van der Waals surface area (Å²) in [5.74, 6) is 1.01. The Kier molecular flexibility index (Phi) is 5.65. The normalized spacial score (nSPS) is 13.1. The molecule has 24 heavy (non-hydrogen) atoms. The molecule has 2 aromatic rings. The van der Waals surface area contributed by atoms with Crippen LogP contribution in [-0.4, -0.2) is 16.0 Å². The fourth-order valence-corrected chi connectivity index (χ4v) is 2.42. The van der Waals surface area contributed by atoms with E-state index in [0.29, 0.717) is 23.2 Å². The molecular weight excluding hydrogens is 326 g/mol. The monoisotopic (exact) mass is 349 g/mol. The summed E-state index contributed by atoms with van der Waals surface area (Å²) in [7, 11) is 0. The Bertz CT molecular complexity index is 687. The SMILES string of the molecule is CC(C)[C@@H](NC(=O)CC(C)(C)C)c1nc(-c2ccc(Cl)cc2)no1. The summed E-state index contributed by atoms with van der Waals surface area (Å²) >= 11 is 5.89. The van der Waals surface area contributed by atoms with Gasteiger partial charge in [-0.1, -0.05) is 51.4 Å². The van der Waals surface area contributed by atoms with Crippen molar-refractivity contribution in [1.29, 1.82) is 0 Å². The first-order valence-electron chi connectivity index (χ1n) is 8.04. The average molecular weight is 350 g/mol. The zero-order chi connectivity index (χ0) is 17.9. The smallest absolute Gasteiger partial charge is 0.249 e. The highest BCUT2D eigenvalue weighted by Crippen LogP contribution is 2.25. The van der Waals surface area contributed by atoms with Gasteiger partial charge in [-0.2, -0.15) is 4.98 Å². The zero-order valence-corrected chi connectivity index (χ0v) is 15.5. The van der Waals surface area contributed by atoms with E-state index in [1.165, 1.54) is 0 Å². The van der Waals surface area contributed by atoms with Gasteiger partial charge in [0, 0.05) is 17.0 Å². The molecule has 0 aliphatic heterocycles. The van der Waals surface area contributed by atoms with Gasteiger partial charge in [0.05, 0.1) is 0 Å². The van der Waals surface area contributed by atoms with Crippen molar-refractivity contribution in [3.8, 4) is 11.4 Å². The number of hydrogen-bond acceptors (Lipinski definition) is 4. The average Bonchev–Trinajstić information content (AvgIpc) is 2.92. The second-order valence-electron chi connectivity index (χ2n) is 7.49. The zero-order valence-electron chi connectivity index (χ0n) is 14.8. The van der Waals surface area contributed by atoms with E-state index in [2.05, 4.69) is 15.5 Å². The lowest BCUT2D eigenvalue weighted by molar-refractivity contribution is -0.124. The van der Waals surface area contributed by atoms with Crippen LogP contribution in [0.2, 0.25) is 5.02 Å². The van der Waals surface area contributed by atoms with Crippen molar-refractivity contribution >= 4 is 17.5 Å². The van der Waals surface area contributed by atoms with E-state index in [0.717, 1.165) is 5.56 Å². The summed E-state index contributed by atoms with van der Waals surface area (Å²) in [4.78, 5) is 16.7. The summed E-state index contributed by atoms with van der Waals surface area (Å²) in [6.45, 7) is 10.1. The number of nitrogens with one attached hydrogen (secondary N) is 1. The van der Waals surface area contributed by atoms with Gasteiger partial charge in [-0.3, -0.25) is 4.79 Å². The van der Waals surface area contributed by atoms with Crippen LogP contribution >= 0.6 is 11.6 Å². The predicted molar refractivity (Wildman–Crippen MR) is 94.5 cm³/mol. The van der Waals surface area contributed by atoms with Gasteiger partial charge in [-0.05, 0) is 35.6 Å². The molecule has 130 valence electrons. The van der Waals surface area contributed by atoms with Crippen LogP contribution in [0.5, 0.6) is 0 Å². The number of rotatable bonds is 5. The minimum Gasteiger partial charge on any atom is -0.344 e. The second-order valence-corrected chi connectivity index (χ2v) is 7.93. The van der Waals surface area contributed by atoms with Gasteiger partial charge in [-0.25, -0.2) is 0 Å². The van der Waals surface area contributed by atoms with E-state index in [1.807, 2.05) is 46.8 Å². The van der Waals surface area contributed by atoms with Gasteiger partial charge in [0.1, 0.15) is 6.04 Å². The van der Waals surface area contributed by atoms with Crippen LogP contribution in [-0.2, 0) is 4.79 Å². The molecule has 0 saturated carbocycles. The highest BCUT2D eigenvalue weighted by molar-refractivity contribution is 6.30. The summed E-state index contributed by atoms with van der Waals surface area (Å²) < 4.78 is 5.39. The molecule has 1 aromatic carbocycles. The number of amides is 1. The van der Waals surface area contributed by atoms with Crippen molar-refractivity contribution in [3.05, 3.63) is 35.2 Å². The highest BCUT2D eigenvalue weighted by atomic mass is 35.5. The van der Waals surface area contributed by atoms with Gasteiger partial charge >= 0.3 is 0 Å². The fraction of sp³-hybridized carbons (Fsp3) is 0.500. The highest BCUT2D eigenvalue weighted by Gasteiger charge is 2.26. The van der Waals surface area contributed by atoms with Crippen molar-refractivity contribution in [3.63, 3.8) is 0 Å². The third kappa shape index (κ3) is 5.06. The predicted octanol–water partition coefficient (Wildman–Crippen LogP) is 4.64. The topological polar surface area (TPSA) is 68.0 Å². The second kappa shape index (κ2) is 7.34. The number of nitrogens with zero attached hydrogens (tertiary/aromatic N) is 2. The molecule has 1 heterocycles. The first kappa shape index (κ1) is 18.5. The third-order valence-corrected chi connectivity index (χ3v) is 3.74. The van der Waals surface area contributed by atoms with Crippen molar-refractivity contribution in [1.82, 2.24) is 15.5 Å². The maximum absolute atomic E-state index is 12.2. The van der Waals surface area contributed by atoms with Crippen LogP contribution < -0.4 is 5.32 Å². The molecule has 0 unspecified atom stereocenters. The molecule has 0 bridgehead atoms. The number of carbonyl (C=O) groups is 1. The fourth-order valence-electron chi connectivity index (χ4n) is 2.30. The molecule has 0 spiro atoms. The van der Waals surface area contributed by atoms with Crippen molar-refractivity contribution in [2.75, 3.05) is 0 Å². The van der Waals surface area contributed by atoms with E-state index in [9.17, 15) is 4.79 Å². The molecular formula is C18H24ClN3O2. The Balaban J connectivity index is 2.17. The standard InChI is InChI=1S/C18H24ClN3O2/c1-11(2)15(20-14(23)10-18(3,4)5)17-21-16(22-24-17)12-6-8-13(19)9-7-12/h6-9,11,15H,10H2,1-5H3,(H,20,23)/t15-/m1/s1. The Morgan fingerprint density at radius 2 is 1.88 bits per heavy atom. The molecule has 1 aromatic heterocycles. The Morgan fingerprint density at radius 3 is 2.42 bits per heavy atom. The lowest BCUT2D eigenvalue weighted by Gasteiger charge is -2.22. The quantitative estimate of drug-likeness (QED) is 0.853. The molecule has 0 radical (unpaired) electrons. The Labute approximate surface area is 147 Å². The molecule has 0 fully saturated rings. The van der Waals surface area contributed by atoms with Gasteiger partial charge < -0.3 is 9.84 Å². The van der Waals surface area contributed by atoms with Crippen LogP contribution in [0.4, 0.5) is 0 Å². The maximum atomic E-state index is 12.2. The van der Waals surface area contributed by atoms with Gasteiger partial charge in [0.15, 0.2) is 0 Å². The number of carbonyl (C=O) groups excluding carboxylic acids is 1. The molecule has 1 atom stereocenters. The van der Waals surface area contributed by atoms with Crippen molar-refractivity contribution in [2.24, 2.45) is 11.3 Å². The van der Waals surface area contributed by atoms with Crippen molar-refractivity contribution < 1.29 is 9.32 Å². The molecule has 0 aliphatic carbocycles.